The zero-order valence-corrected chi connectivity index (χ0v) is 6.10. The molecule has 0 saturated carbocycles. The van der Waals surface area contributed by atoms with Crippen molar-refractivity contribution in [1.29, 1.82) is 0 Å². The number of hydrogen-bond donors (Lipinski definition) is 0. The first-order valence-corrected chi connectivity index (χ1v) is 3.14. The van der Waals surface area contributed by atoms with Crippen molar-refractivity contribution in [2.75, 3.05) is 7.11 Å². The quantitative estimate of drug-likeness (QED) is 0.534. The van der Waals surface area contributed by atoms with E-state index in [1.807, 2.05) is 13.8 Å². The van der Waals surface area contributed by atoms with Gasteiger partial charge in [-0.2, -0.15) is 0 Å². The Morgan fingerprint density at radius 2 is 2.33 bits per heavy atom. The highest BCUT2D eigenvalue weighted by Crippen LogP contribution is 2.23. The molecule has 1 aliphatic rings. The van der Waals surface area contributed by atoms with Gasteiger partial charge in [0.2, 0.25) is 0 Å². The summed E-state index contributed by atoms with van der Waals surface area (Å²) in [5.41, 5.74) is 0. The molecule has 0 saturated heterocycles. The zero-order chi connectivity index (χ0) is 6.85. The van der Waals surface area contributed by atoms with Crippen LogP contribution in [0.4, 0.5) is 0 Å². The summed E-state index contributed by atoms with van der Waals surface area (Å²) in [4.78, 5) is 0. The Kier molecular flexibility index (Phi) is 1.65. The molecular formula is C7H12O2. The first-order valence-electron chi connectivity index (χ1n) is 3.14. The Morgan fingerprint density at radius 1 is 1.67 bits per heavy atom. The monoisotopic (exact) mass is 128 g/mol. The summed E-state index contributed by atoms with van der Waals surface area (Å²) < 4.78 is 10.4. The lowest BCUT2D eigenvalue weighted by atomic mass is 10.3. The van der Waals surface area contributed by atoms with E-state index in [1.54, 1.807) is 7.11 Å². The van der Waals surface area contributed by atoms with Crippen LogP contribution in [0.1, 0.15) is 20.3 Å². The number of methoxy groups -OCH3 is 1. The largest absolute Gasteiger partial charge is 0.497 e. The van der Waals surface area contributed by atoms with Gasteiger partial charge in [0.15, 0.2) is 0 Å². The topological polar surface area (TPSA) is 18.5 Å². The Hall–Kier alpha value is -0.660. The Bertz CT molecular complexity index is 138. The van der Waals surface area contributed by atoms with E-state index in [0.717, 1.165) is 17.9 Å². The van der Waals surface area contributed by atoms with Gasteiger partial charge in [-0.3, -0.25) is 0 Å². The van der Waals surface area contributed by atoms with E-state index < -0.39 is 0 Å². The van der Waals surface area contributed by atoms with Gasteiger partial charge in [0, 0.05) is 6.42 Å². The third-order valence-electron chi connectivity index (χ3n) is 1.49. The lowest BCUT2D eigenvalue weighted by molar-refractivity contribution is 0.161. The van der Waals surface area contributed by atoms with Gasteiger partial charge in [-0.05, 0) is 13.8 Å². The number of hydrogen-bond acceptors (Lipinski definition) is 2. The third kappa shape index (κ3) is 1.18. The fourth-order valence-electron chi connectivity index (χ4n) is 1.04. The van der Waals surface area contributed by atoms with E-state index in [4.69, 9.17) is 9.47 Å². The van der Waals surface area contributed by atoms with Gasteiger partial charge in [0.1, 0.15) is 17.6 Å². The molecule has 0 fully saturated rings. The molecule has 1 atom stereocenters. The highest BCUT2D eigenvalue weighted by molar-refractivity contribution is 5.05. The molecule has 2 heteroatoms. The molecule has 1 unspecified atom stereocenters. The summed E-state index contributed by atoms with van der Waals surface area (Å²) in [5.74, 6) is 1.92. The summed E-state index contributed by atoms with van der Waals surface area (Å²) in [7, 11) is 1.68. The minimum absolute atomic E-state index is 0.306. The number of allylic oxidation sites excluding steroid dienone is 1. The summed E-state index contributed by atoms with van der Waals surface area (Å²) in [6.07, 6.45) is 1.22. The normalized spacial score (nSPS) is 26.3. The van der Waals surface area contributed by atoms with Crippen molar-refractivity contribution in [3.05, 3.63) is 11.5 Å². The van der Waals surface area contributed by atoms with Crippen molar-refractivity contribution in [3.8, 4) is 0 Å². The highest BCUT2D eigenvalue weighted by Gasteiger charge is 2.18. The molecule has 0 aromatic carbocycles. The molecule has 2 nitrogen and oxygen atoms in total. The van der Waals surface area contributed by atoms with Crippen LogP contribution in [0, 0.1) is 0 Å². The van der Waals surface area contributed by atoms with Crippen molar-refractivity contribution in [2.24, 2.45) is 0 Å². The summed E-state index contributed by atoms with van der Waals surface area (Å²) >= 11 is 0. The standard InChI is InChI=1S/C7H12O2/c1-5-4-7(8-3)6(2)9-5/h5H,4H2,1-3H3. The first kappa shape index (κ1) is 6.46. The lowest BCUT2D eigenvalue weighted by Gasteiger charge is -2.00. The van der Waals surface area contributed by atoms with Gasteiger partial charge in [-0.25, -0.2) is 0 Å². The van der Waals surface area contributed by atoms with Crippen LogP contribution in [-0.2, 0) is 9.47 Å². The fraction of sp³-hybridized carbons (Fsp3) is 0.714. The Labute approximate surface area is 55.5 Å². The van der Waals surface area contributed by atoms with E-state index in [-0.39, 0.29) is 0 Å². The summed E-state index contributed by atoms with van der Waals surface area (Å²) in [6.45, 7) is 3.97. The fourth-order valence-corrected chi connectivity index (χ4v) is 1.04. The SMILES string of the molecule is COC1=C(C)OC(C)C1. The molecule has 1 aliphatic heterocycles. The Balaban J connectivity index is 2.58. The van der Waals surface area contributed by atoms with Crippen LogP contribution in [0.3, 0.4) is 0 Å². The molecule has 0 N–H and O–H groups in total. The molecule has 0 spiro atoms. The van der Waals surface area contributed by atoms with Gasteiger partial charge in [-0.1, -0.05) is 0 Å². The van der Waals surface area contributed by atoms with Gasteiger partial charge in [-0.15, -0.1) is 0 Å². The molecule has 52 valence electrons. The number of ether oxygens (including phenoxy) is 2. The van der Waals surface area contributed by atoms with Crippen LogP contribution in [0.25, 0.3) is 0 Å². The molecule has 0 radical (unpaired) electrons. The van der Waals surface area contributed by atoms with E-state index in [1.165, 1.54) is 0 Å². The van der Waals surface area contributed by atoms with Crippen LogP contribution in [0.15, 0.2) is 11.5 Å². The average molecular weight is 128 g/mol. The predicted molar refractivity (Wildman–Crippen MR) is 34.9 cm³/mol. The molecule has 0 aromatic heterocycles. The van der Waals surface area contributed by atoms with Gasteiger partial charge in [0.25, 0.3) is 0 Å². The molecule has 0 amide bonds. The predicted octanol–water partition coefficient (Wildman–Crippen LogP) is 1.67. The number of rotatable bonds is 1. The Morgan fingerprint density at radius 3 is 2.56 bits per heavy atom. The average Bonchev–Trinajstić information content (AvgIpc) is 2.10. The summed E-state index contributed by atoms with van der Waals surface area (Å²) in [5, 5.41) is 0. The van der Waals surface area contributed by atoms with Crippen LogP contribution in [-0.4, -0.2) is 13.2 Å². The molecule has 0 aliphatic carbocycles. The maximum atomic E-state index is 5.32. The molecule has 9 heavy (non-hydrogen) atoms. The second kappa shape index (κ2) is 2.29. The maximum Gasteiger partial charge on any atom is 0.136 e. The molecule has 1 heterocycles. The first-order chi connectivity index (χ1) is 4.24. The molecule has 0 bridgehead atoms. The van der Waals surface area contributed by atoms with E-state index in [2.05, 4.69) is 0 Å². The van der Waals surface area contributed by atoms with Crippen molar-refractivity contribution in [3.63, 3.8) is 0 Å². The third-order valence-corrected chi connectivity index (χ3v) is 1.49. The van der Waals surface area contributed by atoms with E-state index in [0.29, 0.717) is 6.10 Å². The van der Waals surface area contributed by atoms with Crippen molar-refractivity contribution < 1.29 is 9.47 Å². The minimum Gasteiger partial charge on any atom is -0.497 e. The molecule has 0 aromatic rings. The van der Waals surface area contributed by atoms with E-state index >= 15 is 0 Å². The minimum atomic E-state index is 0.306. The lowest BCUT2D eigenvalue weighted by Crippen LogP contribution is -1.97. The van der Waals surface area contributed by atoms with E-state index in [9.17, 15) is 0 Å². The second-order valence-corrected chi connectivity index (χ2v) is 2.32. The van der Waals surface area contributed by atoms with Crippen LogP contribution in [0.5, 0.6) is 0 Å². The van der Waals surface area contributed by atoms with Gasteiger partial charge < -0.3 is 9.47 Å². The van der Waals surface area contributed by atoms with Gasteiger partial charge in [0.05, 0.1) is 7.11 Å². The maximum absolute atomic E-state index is 5.32. The highest BCUT2D eigenvalue weighted by atomic mass is 16.5. The van der Waals surface area contributed by atoms with Crippen LogP contribution >= 0.6 is 0 Å². The van der Waals surface area contributed by atoms with Gasteiger partial charge >= 0.3 is 0 Å². The smallest absolute Gasteiger partial charge is 0.136 e. The van der Waals surface area contributed by atoms with Crippen LogP contribution in [0.2, 0.25) is 0 Å². The summed E-state index contributed by atoms with van der Waals surface area (Å²) in [6, 6.07) is 0. The van der Waals surface area contributed by atoms with Crippen molar-refractivity contribution in [1.82, 2.24) is 0 Å². The molecule has 1 rings (SSSR count). The molecular weight excluding hydrogens is 116 g/mol. The van der Waals surface area contributed by atoms with Crippen molar-refractivity contribution in [2.45, 2.75) is 26.4 Å². The zero-order valence-electron chi connectivity index (χ0n) is 6.10. The van der Waals surface area contributed by atoms with Crippen molar-refractivity contribution >= 4 is 0 Å². The van der Waals surface area contributed by atoms with Crippen LogP contribution < -0.4 is 0 Å². The second-order valence-electron chi connectivity index (χ2n) is 2.32.